The molecule has 0 aliphatic carbocycles. The minimum Gasteiger partial charge on any atom is -0.491 e. The van der Waals surface area contributed by atoms with Crippen LogP contribution in [0.4, 0.5) is 0 Å². The van der Waals surface area contributed by atoms with Crippen molar-refractivity contribution in [2.75, 3.05) is 19.7 Å². The first-order valence-electron chi connectivity index (χ1n) is 8.25. The topological polar surface area (TPSA) is 93.6 Å². The SMILES string of the molecule is NC(=O)c1nc2n(c1CN1CC[C@@H](O)C1)CCOc1ccc(Br)cc1-2. The quantitative estimate of drug-likeness (QED) is 0.802. The number of rotatable bonds is 3. The molecule has 1 amide bonds. The fraction of sp³-hybridized carbons (Fsp3) is 0.412. The molecule has 1 fully saturated rings. The van der Waals surface area contributed by atoms with Gasteiger partial charge in [-0.2, -0.15) is 0 Å². The summed E-state index contributed by atoms with van der Waals surface area (Å²) in [6, 6.07) is 5.75. The molecule has 0 bridgehead atoms. The van der Waals surface area contributed by atoms with Gasteiger partial charge in [-0.3, -0.25) is 9.69 Å². The molecular formula is C17H19BrN4O3. The van der Waals surface area contributed by atoms with Crippen molar-refractivity contribution in [2.24, 2.45) is 5.73 Å². The second kappa shape index (κ2) is 6.44. The number of aliphatic hydroxyl groups excluding tert-OH is 1. The zero-order valence-corrected chi connectivity index (χ0v) is 15.2. The molecule has 25 heavy (non-hydrogen) atoms. The lowest BCUT2D eigenvalue weighted by atomic mass is 10.2. The van der Waals surface area contributed by atoms with E-state index in [1.807, 2.05) is 22.8 Å². The molecule has 1 saturated heterocycles. The summed E-state index contributed by atoms with van der Waals surface area (Å²) < 4.78 is 8.77. The van der Waals surface area contributed by atoms with Crippen molar-refractivity contribution in [3.05, 3.63) is 34.1 Å². The first-order valence-corrected chi connectivity index (χ1v) is 9.04. The standard InChI is InChI=1S/C17H19BrN4O3/c18-10-1-2-14-12(7-10)17-20-15(16(19)24)13(22(17)5-6-25-14)9-21-4-3-11(23)8-21/h1-2,7,11,23H,3-6,8-9H2,(H2,19,24)/t11-/m1/s1. The molecule has 0 unspecified atom stereocenters. The second-order valence-corrected chi connectivity index (χ2v) is 7.33. The van der Waals surface area contributed by atoms with Crippen LogP contribution in [0.1, 0.15) is 22.6 Å². The molecule has 1 atom stereocenters. The molecule has 8 heteroatoms. The minimum absolute atomic E-state index is 0.296. The van der Waals surface area contributed by atoms with Gasteiger partial charge in [-0.1, -0.05) is 15.9 Å². The number of aliphatic hydroxyl groups is 1. The van der Waals surface area contributed by atoms with Crippen molar-refractivity contribution in [2.45, 2.75) is 25.6 Å². The van der Waals surface area contributed by atoms with Crippen LogP contribution in [0.25, 0.3) is 11.4 Å². The van der Waals surface area contributed by atoms with Gasteiger partial charge in [-0.15, -0.1) is 0 Å². The Morgan fingerprint density at radius 3 is 3.00 bits per heavy atom. The van der Waals surface area contributed by atoms with Crippen molar-refractivity contribution in [1.82, 2.24) is 14.5 Å². The summed E-state index contributed by atoms with van der Waals surface area (Å²) in [5, 5.41) is 9.77. The number of imidazole rings is 1. The fourth-order valence-electron chi connectivity index (χ4n) is 3.51. The lowest BCUT2D eigenvalue weighted by molar-refractivity contribution is 0.0993. The zero-order valence-electron chi connectivity index (χ0n) is 13.6. The van der Waals surface area contributed by atoms with Crippen LogP contribution in [0.15, 0.2) is 22.7 Å². The molecule has 2 aliphatic rings. The van der Waals surface area contributed by atoms with Crippen molar-refractivity contribution in [3.63, 3.8) is 0 Å². The van der Waals surface area contributed by atoms with Crippen molar-refractivity contribution in [1.29, 1.82) is 0 Å². The van der Waals surface area contributed by atoms with Crippen LogP contribution in [0.3, 0.4) is 0 Å². The lowest BCUT2D eigenvalue weighted by Crippen LogP contribution is -2.26. The van der Waals surface area contributed by atoms with Gasteiger partial charge in [0.25, 0.3) is 5.91 Å². The number of hydrogen-bond acceptors (Lipinski definition) is 5. The molecule has 2 aromatic rings. The van der Waals surface area contributed by atoms with Crippen LogP contribution in [-0.2, 0) is 13.1 Å². The van der Waals surface area contributed by atoms with Crippen molar-refractivity contribution in [3.8, 4) is 17.1 Å². The highest BCUT2D eigenvalue weighted by atomic mass is 79.9. The number of benzene rings is 1. The highest BCUT2D eigenvalue weighted by Crippen LogP contribution is 2.35. The van der Waals surface area contributed by atoms with E-state index in [0.717, 1.165) is 34.4 Å². The summed E-state index contributed by atoms with van der Waals surface area (Å²) in [6.45, 7) is 3.00. The van der Waals surface area contributed by atoms with E-state index in [-0.39, 0.29) is 6.10 Å². The number of nitrogens with two attached hydrogens (primary N) is 1. The minimum atomic E-state index is -0.534. The average molecular weight is 407 g/mol. The number of aromatic nitrogens is 2. The number of fused-ring (bicyclic) bond motifs is 3. The van der Waals surface area contributed by atoms with Gasteiger partial charge in [0.2, 0.25) is 0 Å². The Labute approximate surface area is 153 Å². The number of likely N-dealkylation sites (tertiary alicyclic amines) is 1. The number of primary amides is 1. The molecule has 4 rings (SSSR count). The zero-order chi connectivity index (χ0) is 17.6. The normalized spacial score (nSPS) is 19.8. The number of halogens is 1. The predicted molar refractivity (Wildman–Crippen MR) is 95.3 cm³/mol. The van der Waals surface area contributed by atoms with Gasteiger partial charge >= 0.3 is 0 Å². The van der Waals surface area contributed by atoms with Gasteiger partial charge in [-0.25, -0.2) is 4.98 Å². The Morgan fingerprint density at radius 1 is 1.44 bits per heavy atom. The number of ether oxygens (including phenoxy) is 1. The summed E-state index contributed by atoms with van der Waals surface area (Å²) in [5.41, 5.74) is 7.51. The fourth-order valence-corrected chi connectivity index (χ4v) is 3.87. The maximum Gasteiger partial charge on any atom is 0.269 e. The Bertz CT molecular complexity index is 836. The Kier molecular flexibility index (Phi) is 4.26. The van der Waals surface area contributed by atoms with E-state index >= 15 is 0 Å². The van der Waals surface area contributed by atoms with Gasteiger partial charge in [0, 0.05) is 24.1 Å². The molecule has 132 valence electrons. The van der Waals surface area contributed by atoms with E-state index in [1.54, 1.807) is 0 Å². The van der Waals surface area contributed by atoms with Crippen LogP contribution >= 0.6 is 15.9 Å². The maximum atomic E-state index is 12.0. The molecule has 2 aliphatic heterocycles. The van der Waals surface area contributed by atoms with Crippen molar-refractivity contribution < 1.29 is 14.6 Å². The monoisotopic (exact) mass is 406 g/mol. The summed E-state index contributed by atoms with van der Waals surface area (Å²) in [5.74, 6) is 0.899. The predicted octanol–water partition coefficient (Wildman–Crippen LogP) is 1.37. The highest BCUT2D eigenvalue weighted by molar-refractivity contribution is 9.10. The number of β-amino-alcohol motifs (C(OH)–C–C–N with tert-alkyl or cyclic N) is 1. The number of carbonyl (C=O) groups excluding carboxylic acids is 1. The van der Waals surface area contributed by atoms with Crippen molar-refractivity contribution >= 4 is 21.8 Å². The summed E-state index contributed by atoms with van der Waals surface area (Å²) in [7, 11) is 0. The molecule has 1 aromatic carbocycles. The largest absolute Gasteiger partial charge is 0.491 e. The smallest absolute Gasteiger partial charge is 0.269 e. The van der Waals surface area contributed by atoms with Crippen LogP contribution < -0.4 is 10.5 Å². The van der Waals surface area contributed by atoms with Crippen LogP contribution in [0.2, 0.25) is 0 Å². The van der Waals surface area contributed by atoms with Crippen LogP contribution in [0, 0.1) is 0 Å². The highest BCUT2D eigenvalue weighted by Gasteiger charge is 2.29. The first kappa shape index (κ1) is 16.6. The van der Waals surface area contributed by atoms with E-state index < -0.39 is 5.91 Å². The third-order valence-corrected chi connectivity index (χ3v) is 5.18. The number of carbonyl (C=O) groups is 1. The maximum absolute atomic E-state index is 12.0. The third kappa shape index (κ3) is 3.05. The molecule has 3 N–H and O–H groups in total. The number of amides is 1. The third-order valence-electron chi connectivity index (χ3n) is 4.68. The molecular weight excluding hydrogens is 388 g/mol. The molecule has 7 nitrogen and oxygen atoms in total. The van der Waals surface area contributed by atoms with E-state index in [4.69, 9.17) is 10.5 Å². The Balaban J connectivity index is 1.81. The van der Waals surface area contributed by atoms with Gasteiger partial charge in [-0.05, 0) is 24.6 Å². The van der Waals surface area contributed by atoms with Gasteiger partial charge in [0.05, 0.1) is 23.9 Å². The molecule has 0 saturated carbocycles. The van der Waals surface area contributed by atoms with Crippen LogP contribution in [-0.4, -0.2) is 51.3 Å². The first-order chi connectivity index (χ1) is 12.0. The van der Waals surface area contributed by atoms with E-state index in [1.165, 1.54) is 0 Å². The van der Waals surface area contributed by atoms with E-state index in [2.05, 4.69) is 25.8 Å². The molecule has 0 spiro atoms. The number of nitrogens with zero attached hydrogens (tertiary/aromatic N) is 3. The van der Waals surface area contributed by atoms with E-state index in [0.29, 0.717) is 37.8 Å². The summed E-state index contributed by atoms with van der Waals surface area (Å²) in [4.78, 5) is 18.7. The van der Waals surface area contributed by atoms with Gasteiger partial charge < -0.3 is 20.1 Å². The van der Waals surface area contributed by atoms with Gasteiger partial charge in [0.15, 0.2) is 5.69 Å². The Hall–Kier alpha value is -1.90. The summed E-state index contributed by atoms with van der Waals surface area (Å²) >= 11 is 3.48. The molecule has 3 heterocycles. The summed E-state index contributed by atoms with van der Waals surface area (Å²) in [6.07, 6.45) is 0.426. The van der Waals surface area contributed by atoms with Gasteiger partial charge in [0.1, 0.15) is 18.2 Å². The molecule has 1 aromatic heterocycles. The second-order valence-electron chi connectivity index (χ2n) is 6.41. The van der Waals surface area contributed by atoms with Crippen LogP contribution in [0.5, 0.6) is 5.75 Å². The average Bonchev–Trinajstić information content (AvgIpc) is 3.08. The number of hydrogen-bond donors (Lipinski definition) is 2. The lowest BCUT2D eigenvalue weighted by Gasteiger charge is -2.17. The Morgan fingerprint density at radius 2 is 2.28 bits per heavy atom. The molecule has 0 radical (unpaired) electrons. The van der Waals surface area contributed by atoms with E-state index in [9.17, 15) is 9.90 Å².